The molecule has 2 rings (SSSR count). The minimum atomic E-state index is 0.523. The van der Waals surface area contributed by atoms with Crippen LogP contribution in [0.4, 0.5) is 0 Å². The highest BCUT2D eigenvalue weighted by molar-refractivity contribution is 9.10. The van der Waals surface area contributed by atoms with E-state index in [0.717, 1.165) is 28.9 Å². The number of nitrogens with one attached hydrogen (secondary N) is 1. The van der Waals surface area contributed by atoms with Crippen LogP contribution in [0.5, 0.6) is 0 Å². The lowest BCUT2D eigenvalue weighted by molar-refractivity contribution is 0.492. The van der Waals surface area contributed by atoms with E-state index in [1.165, 1.54) is 11.1 Å². The van der Waals surface area contributed by atoms with Gasteiger partial charge in [-0.1, -0.05) is 23.7 Å². The highest BCUT2D eigenvalue weighted by atomic mass is 79.9. The third kappa shape index (κ3) is 4.89. The van der Waals surface area contributed by atoms with Crippen molar-refractivity contribution in [2.45, 2.75) is 12.8 Å². The van der Waals surface area contributed by atoms with Crippen LogP contribution >= 0.6 is 27.5 Å². The van der Waals surface area contributed by atoms with Gasteiger partial charge in [0.25, 0.3) is 0 Å². The molecule has 1 aromatic heterocycles. The second kappa shape index (κ2) is 7.77. The van der Waals surface area contributed by atoms with E-state index in [2.05, 4.69) is 38.4 Å². The fraction of sp³-hybridized carbons (Fsp3) is 0.312. The SMILES string of the molecule is CNCC(Cc1cccc(Cl)c1)Cc1cncc(Br)c1. The van der Waals surface area contributed by atoms with E-state index in [-0.39, 0.29) is 0 Å². The Balaban J connectivity index is 2.07. The fourth-order valence-electron chi connectivity index (χ4n) is 2.40. The Morgan fingerprint density at radius 2 is 2.00 bits per heavy atom. The van der Waals surface area contributed by atoms with E-state index >= 15 is 0 Å². The second-order valence-corrected chi connectivity index (χ2v) is 6.33. The zero-order chi connectivity index (χ0) is 14.4. The molecule has 106 valence electrons. The van der Waals surface area contributed by atoms with Gasteiger partial charge in [-0.25, -0.2) is 0 Å². The van der Waals surface area contributed by atoms with Crippen LogP contribution in [-0.2, 0) is 12.8 Å². The molecule has 4 heteroatoms. The quantitative estimate of drug-likeness (QED) is 0.845. The van der Waals surface area contributed by atoms with Gasteiger partial charge in [-0.2, -0.15) is 0 Å². The molecule has 0 radical (unpaired) electrons. The summed E-state index contributed by atoms with van der Waals surface area (Å²) in [7, 11) is 1.99. The zero-order valence-corrected chi connectivity index (χ0v) is 13.8. The van der Waals surface area contributed by atoms with Crippen LogP contribution in [0, 0.1) is 5.92 Å². The van der Waals surface area contributed by atoms with Crippen LogP contribution in [0.3, 0.4) is 0 Å². The molecule has 1 N–H and O–H groups in total. The number of hydrogen-bond donors (Lipinski definition) is 1. The predicted molar refractivity (Wildman–Crippen MR) is 88.2 cm³/mol. The maximum absolute atomic E-state index is 6.05. The Labute approximate surface area is 133 Å². The molecule has 0 spiro atoms. The van der Waals surface area contributed by atoms with Gasteiger partial charge in [-0.15, -0.1) is 0 Å². The van der Waals surface area contributed by atoms with Gasteiger partial charge in [0, 0.05) is 21.9 Å². The summed E-state index contributed by atoms with van der Waals surface area (Å²) < 4.78 is 1.03. The van der Waals surface area contributed by atoms with Crippen LogP contribution in [0.1, 0.15) is 11.1 Å². The van der Waals surface area contributed by atoms with E-state index in [1.54, 1.807) is 0 Å². The molecule has 1 unspecified atom stereocenters. The summed E-state index contributed by atoms with van der Waals surface area (Å²) in [4.78, 5) is 4.23. The molecule has 0 saturated heterocycles. The predicted octanol–water partition coefficient (Wildman–Crippen LogP) is 4.12. The smallest absolute Gasteiger partial charge is 0.0410 e. The second-order valence-electron chi connectivity index (χ2n) is 4.97. The first-order valence-electron chi connectivity index (χ1n) is 6.66. The molecule has 0 bridgehead atoms. The first kappa shape index (κ1) is 15.5. The maximum Gasteiger partial charge on any atom is 0.0410 e. The molecule has 1 atom stereocenters. The third-order valence-electron chi connectivity index (χ3n) is 3.19. The first-order chi connectivity index (χ1) is 9.67. The molecule has 0 aliphatic rings. The van der Waals surface area contributed by atoms with Crippen LogP contribution < -0.4 is 5.32 Å². The number of nitrogens with zero attached hydrogens (tertiary/aromatic N) is 1. The summed E-state index contributed by atoms with van der Waals surface area (Å²) in [6.07, 6.45) is 5.76. The Bertz CT molecular complexity index is 512. The number of benzene rings is 1. The maximum atomic E-state index is 6.05. The number of rotatable bonds is 6. The van der Waals surface area contributed by atoms with Gasteiger partial charge in [0.15, 0.2) is 0 Å². The average molecular weight is 354 g/mol. The molecular weight excluding hydrogens is 336 g/mol. The van der Waals surface area contributed by atoms with Crippen molar-refractivity contribution in [3.05, 3.63) is 63.3 Å². The van der Waals surface area contributed by atoms with Gasteiger partial charge in [-0.3, -0.25) is 4.98 Å². The topological polar surface area (TPSA) is 24.9 Å². The normalized spacial score (nSPS) is 12.3. The summed E-state index contributed by atoms with van der Waals surface area (Å²) in [6, 6.07) is 10.2. The van der Waals surface area contributed by atoms with Crippen molar-refractivity contribution in [2.24, 2.45) is 5.92 Å². The molecule has 1 heterocycles. The van der Waals surface area contributed by atoms with Gasteiger partial charge in [-0.05, 0) is 77.6 Å². The highest BCUT2D eigenvalue weighted by Crippen LogP contribution is 2.19. The molecule has 2 aromatic rings. The van der Waals surface area contributed by atoms with Crippen molar-refractivity contribution in [1.82, 2.24) is 10.3 Å². The van der Waals surface area contributed by atoms with Crippen molar-refractivity contribution in [1.29, 1.82) is 0 Å². The largest absolute Gasteiger partial charge is 0.319 e. The summed E-state index contributed by atoms with van der Waals surface area (Å²) in [6.45, 7) is 0.971. The minimum absolute atomic E-state index is 0.523. The lowest BCUT2D eigenvalue weighted by atomic mass is 9.93. The third-order valence-corrected chi connectivity index (χ3v) is 3.86. The molecule has 0 aliphatic heterocycles. The summed E-state index contributed by atoms with van der Waals surface area (Å²) in [5, 5.41) is 4.07. The van der Waals surface area contributed by atoms with Crippen molar-refractivity contribution in [3.8, 4) is 0 Å². The van der Waals surface area contributed by atoms with Gasteiger partial charge in [0.05, 0.1) is 0 Å². The average Bonchev–Trinajstić information content (AvgIpc) is 2.39. The van der Waals surface area contributed by atoms with E-state index in [0.29, 0.717) is 5.92 Å². The standard InChI is InChI=1S/C16H18BrClN2/c1-19-9-13(5-12-3-2-4-16(18)8-12)6-14-7-15(17)11-20-10-14/h2-4,7-8,10-11,13,19H,5-6,9H2,1H3. The van der Waals surface area contributed by atoms with Gasteiger partial charge in [0.2, 0.25) is 0 Å². The van der Waals surface area contributed by atoms with Crippen molar-refractivity contribution < 1.29 is 0 Å². The summed E-state index contributed by atoms with van der Waals surface area (Å²) in [5.74, 6) is 0.523. The Hall–Kier alpha value is -0.900. The van der Waals surface area contributed by atoms with E-state index in [4.69, 9.17) is 11.6 Å². The molecule has 0 amide bonds. The van der Waals surface area contributed by atoms with Crippen LogP contribution in [0.15, 0.2) is 47.2 Å². The van der Waals surface area contributed by atoms with Crippen LogP contribution in [0.2, 0.25) is 5.02 Å². The number of halogens is 2. The highest BCUT2D eigenvalue weighted by Gasteiger charge is 2.11. The molecule has 0 saturated carbocycles. The van der Waals surface area contributed by atoms with Crippen molar-refractivity contribution in [2.75, 3.05) is 13.6 Å². The summed E-state index contributed by atoms with van der Waals surface area (Å²) in [5.41, 5.74) is 2.53. The van der Waals surface area contributed by atoms with Crippen LogP contribution in [0.25, 0.3) is 0 Å². The molecular formula is C16H18BrClN2. The Kier molecular flexibility index (Phi) is 6.02. The van der Waals surface area contributed by atoms with E-state index in [1.807, 2.05) is 37.6 Å². The van der Waals surface area contributed by atoms with Gasteiger partial charge < -0.3 is 5.32 Å². The first-order valence-corrected chi connectivity index (χ1v) is 7.83. The molecule has 20 heavy (non-hydrogen) atoms. The lowest BCUT2D eigenvalue weighted by Crippen LogP contribution is -2.22. The number of aromatic nitrogens is 1. The molecule has 0 fully saturated rings. The monoisotopic (exact) mass is 352 g/mol. The molecule has 0 aliphatic carbocycles. The Morgan fingerprint density at radius 3 is 2.70 bits per heavy atom. The summed E-state index contributed by atoms with van der Waals surface area (Å²) >= 11 is 9.53. The lowest BCUT2D eigenvalue weighted by Gasteiger charge is -2.17. The number of pyridine rings is 1. The van der Waals surface area contributed by atoms with Crippen LogP contribution in [-0.4, -0.2) is 18.6 Å². The molecule has 2 nitrogen and oxygen atoms in total. The fourth-order valence-corrected chi connectivity index (χ4v) is 3.03. The van der Waals surface area contributed by atoms with E-state index < -0.39 is 0 Å². The zero-order valence-electron chi connectivity index (χ0n) is 11.4. The Morgan fingerprint density at radius 1 is 1.20 bits per heavy atom. The minimum Gasteiger partial charge on any atom is -0.319 e. The number of hydrogen-bond acceptors (Lipinski definition) is 2. The van der Waals surface area contributed by atoms with Gasteiger partial charge in [0.1, 0.15) is 0 Å². The van der Waals surface area contributed by atoms with Gasteiger partial charge >= 0.3 is 0 Å². The molecule has 1 aromatic carbocycles. The van der Waals surface area contributed by atoms with E-state index in [9.17, 15) is 0 Å². The van der Waals surface area contributed by atoms with Crippen molar-refractivity contribution >= 4 is 27.5 Å². The van der Waals surface area contributed by atoms with Crippen molar-refractivity contribution in [3.63, 3.8) is 0 Å².